The van der Waals surface area contributed by atoms with Crippen LogP contribution in [0.2, 0.25) is 0 Å². The van der Waals surface area contributed by atoms with Gasteiger partial charge in [-0.25, -0.2) is 18.4 Å². The third-order valence-corrected chi connectivity index (χ3v) is 7.82. The van der Waals surface area contributed by atoms with Crippen molar-refractivity contribution in [2.75, 3.05) is 37.7 Å². The van der Waals surface area contributed by atoms with E-state index in [9.17, 15) is 14.4 Å². The van der Waals surface area contributed by atoms with Crippen LogP contribution in [0.4, 0.5) is 19.3 Å². The molecule has 11 heteroatoms. The van der Waals surface area contributed by atoms with Gasteiger partial charge in [-0.2, -0.15) is 0 Å². The average Bonchev–Trinajstić information content (AvgIpc) is 3.55. The Morgan fingerprint density at radius 1 is 1.23 bits per heavy atom. The summed E-state index contributed by atoms with van der Waals surface area (Å²) in [5.41, 5.74) is -2.73. The Morgan fingerprint density at radius 3 is 2.65 bits per heavy atom. The number of aromatic nitrogens is 1. The Hall–Kier alpha value is -3.21. The number of fused-ring (bicyclic) bond motifs is 2. The molecule has 2 atom stereocenters. The number of carbonyl (C=O) groups is 2. The number of rotatable bonds is 8. The number of ether oxygens (including phenoxy) is 3. The molecule has 1 aliphatic carbocycles. The van der Waals surface area contributed by atoms with Crippen LogP contribution in [0.15, 0.2) is 17.1 Å². The fraction of sp³-hybridized carbons (Fsp3) is 0.621. The molecule has 2 unspecified atom stereocenters. The number of esters is 1. The summed E-state index contributed by atoms with van der Waals surface area (Å²) in [6.07, 6.45) is 4.43. The molecule has 2 aromatic rings. The van der Waals surface area contributed by atoms with E-state index in [2.05, 4.69) is 5.32 Å². The molecular formula is C29H37F2N3O6. The smallest absolute Gasteiger partial charge is 0.407 e. The first-order valence-corrected chi connectivity index (χ1v) is 14.0. The third kappa shape index (κ3) is 5.40. The molecule has 1 saturated carbocycles. The van der Waals surface area contributed by atoms with Crippen LogP contribution in [0.1, 0.15) is 76.2 Å². The van der Waals surface area contributed by atoms with E-state index < -0.39 is 40.3 Å². The molecular weight excluding hydrogens is 524 g/mol. The van der Waals surface area contributed by atoms with Crippen molar-refractivity contribution in [1.82, 2.24) is 9.88 Å². The second-order valence-corrected chi connectivity index (χ2v) is 12.1. The van der Waals surface area contributed by atoms with Crippen LogP contribution in [-0.2, 0) is 14.2 Å². The Kier molecular flexibility index (Phi) is 7.54. The van der Waals surface area contributed by atoms with Crippen LogP contribution in [0, 0.1) is 17.6 Å². The van der Waals surface area contributed by atoms with Gasteiger partial charge < -0.3 is 29.0 Å². The number of anilines is 1. The number of unbranched alkanes of at least 4 members (excludes halogenated alkanes) is 1. The lowest BCUT2D eigenvalue weighted by molar-refractivity contribution is -0.000290. The van der Waals surface area contributed by atoms with Gasteiger partial charge in [-0.1, -0.05) is 13.3 Å². The van der Waals surface area contributed by atoms with E-state index in [0.717, 1.165) is 25.3 Å². The fourth-order valence-corrected chi connectivity index (χ4v) is 5.72. The van der Waals surface area contributed by atoms with Crippen molar-refractivity contribution in [3.8, 4) is 0 Å². The molecule has 0 spiro atoms. The number of nitrogens with zero attached hydrogens (tertiary/aromatic N) is 2. The highest BCUT2D eigenvalue weighted by atomic mass is 19.1. The Morgan fingerprint density at radius 2 is 1.98 bits per heavy atom. The standard InChI is InChI=1S/C29H37F2N3O6/c1-5-6-10-38-26(36)20-14-34(18-7-8-18)23-19(25(20)35)12-21(30)24(22(23)31)33-13-17-9-11-39-29(17,16-33)15-32-27(37)40-28(2,3)4/h12,14,17-18H,5-11,13,15-16H2,1-4H3,(H,32,37). The molecule has 40 heavy (non-hydrogen) atoms. The lowest BCUT2D eigenvalue weighted by Gasteiger charge is -2.30. The van der Waals surface area contributed by atoms with Crippen molar-refractivity contribution in [2.24, 2.45) is 5.92 Å². The van der Waals surface area contributed by atoms with Gasteiger partial charge in [0, 0.05) is 37.9 Å². The lowest BCUT2D eigenvalue weighted by atomic mass is 9.91. The summed E-state index contributed by atoms with van der Waals surface area (Å²) in [6.45, 7) is 8.51. The minimum absolute atomic E-state index is 0.0204. The maximum absolute atomic E-state index is 16.3. The molecule has 1 amide bonds. The van der Waals surface area contributed by atoms with Gasteiger partial charge in [0.1, 0.15) is 28.3 Å². The summed E-state index contributed by atoms with van der Waals surface area (Å²) in [5, 5.41) is 2.57. The van der Waals surface area contributed by atoms with E-state index >= 15 is 8.78 Å². The number of carbonyl (C=O) groups excluding carboxylic acids is 2. The summed E-state index contributed by atoms with van der Waals surface area (Å²) >= 11 is 0. The van der Waals surface area contributed by atoms with Crippen LogP contribution < -0.4 is 15.6 Å². The zero-order valence-electron chi connectivity index (χ0n) is 23.5. The van der Waals surface area contributed by atoms with Gasteiger partial charge in [0.2, 0.25) is 5.43 Å². The normalized spacial score (nSPS) is 22.4. The highest BCUT2D eigenvalue weighted by Crippen LogP contribution is 2.44. The molecule has 0 bridgehead atoms. The molecule has 3 aliphatic rings. The van der Waals surface area contributed by atoms with E-state index in [4.69, 9.17) is 14.2 Å². The first kappa shape index (κ1) is 28.3. The summed E-state index contributed by atoms with van der Waals surface area (Å²) in [5.74, 6) is -2.59. The number of hydrogen-bond donors (Lipinski definition) is 1. The number of alkyl carbamates (subject to hydrolysis) is 1. The van der Waals surface area contributed by atoms with Crippen molar-refractivity contribution in [1.29, 1.82) is 0 Å². The molecule has 2 saturated heterocycles. The maximum Gasteiger partial charge on any atom is 0.407 e. The minimum atomic E-state index is -0.892. The number of halogens is 2. The van der Waals surface area contributed by atoms with Crippen LogP contribution in [0.25, 0.3) is 10.9 Å². The molecule has 2 aliphatic heterocycles. The van der Waals surface area contributed by atoms with Gasteiger partial charge >= 0.3 is 12.1 Å². The molecule has 1 N–H and O–H groups in total. The van der Waals surface area contributed by atoms with Crippen LogP contribution in [0.5, 0.6) is 0 Å². The molecule has 218 valence electrons. The largest absolute Gasteiger partial charge is 0.462 e. The monoisotopic (exact) mass is 561 g/mol. The average molecular weight is 562 g/mol. The van der Waals surface area contributed by atoms with Crippen molar-refractivity contribution >= 4 is 28.7 Å². The zero-order valence-corrected chi connectivity index (χ0v) is 23.5. The van der Waals surface area contributed by atoms with Gasteiger partial charge in [0.25, 0.3) is 0 Å². The van der Waals surface area contributed by atoms with Crippen molar-refractivity contribution < 1.29 is 32.6 Å². The van der Waals surface area contributed by atoms with Crippen LogP contribution in [0.3, 0.4) is 0 Å². The fourth-order valence-electron chi connectivity index (χ4n) is 5.72. The quantitative estimate of drug-likeness (QED) is 0.369. The van der Waals surface area contributed by atoms with Crippen molar-refractivity contribution in [3.05, 3.63) is 39.7 Å². The number of benzene rings is 1. The number of amides is 1. The number of nitrogens with one attached hydrogen (secondary N) is 1. The van der Waals surface area contributed by atoms with E-state index in [1.54, 1.807) is 30.2 Å². The first-order chi connectivity index (χ1) is 18.9. The molecule has 0 radical (unpaired) electrons. The molecule has 1 aromatic heterocycles. The van der Waals surface area contributed by atoms with Crippen LogP contribution in [-0.4, -0.2) is 60.7 Å². The summed E-state index contributed by atoms with van der Waals surface area (Å²) in [7, 11) is 0. The molecule has 3 heterocycles. The van der Waals surface area contributed by atoms with Gasteiger partial charge in [-0.15, -0.1) is 0 Å². The van der Waals surface area contributed by atoms with Crippen LogP contribution >= 0.6 is 0 Å². The van der Waals surface area contributed by atoms with Gasteiger partial charge in [-0.3, -0.25) is 4.79 Å². The second-order valence-electron chi connectivity index (χ2n) is 12.1. The summed E-state index contributed by atoms with van der Waals surface area (Å²) in [6, 6.07) is 0.932. The maximum atomic E-state index is 16.3. The van der Waals surface area contributed by atoms with Gasteiger partial charge in [0.15, 0.2) is 5.82 Å². The van der Waals surface area contributed by atoms with Crippen molar-refractivity contribution in [2.45, 2.75) is 77.0 Å². The number of hydrogen-bond acceptors (Lipinski definition) is 7. The van der Waals surface area contributed by atoms with E-state index in [-0.39, 0.29) is 53.8 Å². The predicted octanol–water partition coefficient (Wildman–Crippen LogP) is 4.69. The Bertz CT molecular complexity index is 1380. The van der Waals surface area contributed by atoms with E-state index in [0.29, 0.717) is 26.0 Å². The summed E-state index contributed by atoms with van der Waals surface area (Å²) < 4.78 is 50.2. The summed E-state index contributed by atoms with van der Waals surface area (Å²) in [4.78, 5) is 39.8. The highest BCUT2D eigenvalue weighted by molar-refractivity contribution is 5.95. The first-order valence-electron chi connectivity index (χ1n) is 14.0. The Labute approximate surface area is 231 Å². The second kappa shape index (κ2) is 10.6. The Balaban J connectivity index is 1.48. The molecule has 3 fully saturated rings. The lowest BCUT2D eigenvalue weighted by Crippen LogP contribution is -2.49. The number of pyridine rings is 1. The van der Waals surface area contributed by atoms with Gasteiger partial charge in [0.05, 0.1) is 24.1 Å². The SMILES string of the molecule is CCCCOC(=O)c1cn(C2CC2)c2c(F)c(N3CC4CCOC4(CNC(=O)OC(C)(C)C)C3)c(F)cc2c1=O. The highest BCUT2D eigenvalue weighted by Gasteiger charge is 2.52. The van der Waals surface area contributed by atoms with Crippen molar-refractivity contribution in [3.63, 3.8) is 0 Å². The van der Waals surface area contributed by atoms with Gasteiger partial charge in [-0.05, 0) is 52.5 Å². The molecule has 9 nitrogen and oxygen atoms in total. The molecule has 1 aromatic carbocycles. The predicted molar refractivity (Wildman–Crippen MR) is 145 cm³/mol. The zero-order chi connectivity index (χ0) is 28.8. The third-order valence-electron chi connectivity index (χ3n) is 7.82. The minimum Gasteiger partial charge on any atom is -0.462 e. The molecule has 5 rings (SSSR count). The van der Waals surface area contributed by atoms with E-state index in [1.165, 1.54) is 6.20 Å². The topological polar surface area (TPSA) is 99.1 Å². The van der Waals surface area contributed by atoms with E-state index in [1.807, 2.05) is 6.92 Å².